The number of rotatable bonds is 0. The van der Waals surface area contributed by atoms with Gasteiger partial charge in [-0.2, -0.15) is 8.42 Å². The van der Waals surface area contributed by atoms with Crippen molar-refractivity contribution in [3.63, 3.8) is 0 Å². The fourth-order valence-corrected chi connectivity index (χ4v) is 0. The van der Waals surface area contributed by atoms with Gasteiger partial charge in [0.25, 0.3) is 10.2 Å². The molecule has 0 aliphatic rings. The molecule has 8 nitrogen and oxygen atoms in total. The van der Waals surface area contributed by atoms with E-state index in [4.69, 9.17) is 19.2 Å². The Morgan fingerprint density at radius 3 is 0.786 bits per heavy atom. The van der Waals surface area contributed by atoms with Gasteiger partial charge in [0.2, 0.25) is 0 Å². The molecule has 14 heavy (non-hydrogen) atoms. The van der Waals surface area contributed by atoms with Crippen LogP contribution in [0.15, 0.2) is 0 Å². The van der Waals surface area contributed by atoms with E-state index >= 15 is 0 Å². The molecule has 14 heteroatoms. The fraction of sp³-hybridized carbons (Fsp3) is 0. The zero-order valence-electron chi connectivity index (χ0n) is 8.51. The van der Waals surface area contributed by atoms with Crippen molar-refractivity contribution < 1.29 is 103 Å². The van der Waals surface area contributed by atoms with Gasteiger partial charge in [-0.15, -0.1) is 0 Å². The Kier molecular flexibility index (Phi) is 39.3. The van der Waals surface area contributed by atoms with Crippen molar-refractivity contribution in [3.05, 3.63) is 0 Å². The molecule has 0 spiro atoms. The number of hydrogen-bond acceptors (Lipinski definition) is 6. The second-order valence-corrected chi connectivity index (χ2v) is 3.27. The molecule has 0 aromatic carbocycles. The van der Waals surface area contributed by atoms with E-state index in [1.165, 1.54) is 0 Å². The molecule has 4 N–H and O–H groups in total. The Morgan fingerprint density at radius 1 is 0.786 bits per heavy atom. The predicted octanol–water partition coefficient (Wildman–Crippen LogP) is -19.0. The summed E-state index contributed by atoms with van der Waals surface area (Å²) < 4.78 is 18.4. The van der Waals surface area contributed by atoms with Crippen LogP contribution in [0, 0.1) is 0 Å². The van der Waals surface area contributed by atoms with E-state index in [-0.39, 0.29) is 75.4 Å². The minimum absolute atomic E-state index is 0. The van der Waals surface area contributed by atoms with Crippen molar-refractivity contribution in [2.45, 2.75) is 0 Å². The summed E-state index contributed by atoms with van der Waals surface area (Å²) in [6.45, 7) is 0. The van der Waals surface area contributed by atoms with E-state index < -0.39 is 19.3 Å². The van der Waals surface area contributed by atoms with Gasteiger partial charge in [-0.3, -0.25) is 0 Å². The first-order valence-electron chi connectivity index (χ1n) is 1.62. The largest absolute Gasteiger partial charge is 1.00 e. The van der Waals surface area contributed by atoms with Crippen molar-refractivity contribution in [2.24, 2.45) is 10.3 Å². The Labute approximate surface area is 131 Å². The van der Waals surface area contributed by atoms with E-state index in [0.29, 0.717) is 0 Å². The summed E-state index contributed by atoms with van der Waals surface area (Å²) in [7, 11) is -9.28. The summed E-state index contributed by atoms with van der Waals surface area (Å²) in [4.78, 5) is 34.3. The zero-order valence-corrected chi connectivity index (χ0v) is 10.3. The van der Waals surface area contributed by atoms with Crippen molar-refractivity contribution in [1.82, 2.24) is 0 Å². The van der Waals surface area contributed by atoms with Crippen LogP contribution >= 0.6 is 0 Å². The third-order valence-electron chi connectivity index (χ3n) is 0. The molecule has 0 aromatic heterocycles. The van der Waals surface area contributed by atoms with Crippen molar-refractivity contribution in [2.75, 3.05) is 0 Å². The molecule has 0 saturated heterocycles. The topological polar surface area (TPSA) is 178 Å². The quantitative estimate of drug-likeness (QED) is 0.379. The standard InChI is InChI=1S/4Li.H4N2O2S.O4Si/c;;;;2*1-5(2,3)4/h;;;;(H4,1,2,3,4);/q4*+1;;-4. The summed E-state index contributed by atoms with van der Waals surface area (Å²) in [6.07, 6.45) is 0. The summed E-state index contributed by atoms with van der Waals surface area (Å²) in [5, 5.41) is 8.21. The SMILES string of the molecule is NS(N)(=O)=O.[Li+].[Li+].[Li+].[Li+].[O-][Si]([O-])([O-])[O-]. The number of nitrogens with two attached hydrogens (primary N) is 2. The average Bonchev–Trinajstić information content (AvgIpc) is 1.12. The van der Waals surface area contributed by atoms with Gasteiger partial charge in [-0.25, -0.2) is 10.3 Å². The Balaban J connectivity index is -0.0000000178. The van der Waals surface area contributed by atoms with Gasteiger partial charge in [-0.05, 0) is 0 Å². The molecule has 0 rings (SSSR count). The first-order chi connectivity index (χ1) is 4.00. The molecule has 0 aromatic rings. The molecular weight excluding hydrogens is 212 g/mol. The van der Waals surface area contributed by atoms with E-state index in [1.807, 2.05) is 0 Å². The van der Waals surface area contributed by atoms with E-state index in [1.54, 1.807) is 0 Å². The molecule has 0 aliphatic carbocycles. The molecule has 0 atom stereocenters. The third kappa shape index (κ3) is 473. The van der Waals surface area contributed by atoms with Crippen LogP contribution in [0.2, 0.25) is 0 Å². The molecular formula is H4Li4N2O6SSi. The van der Waals surface area contributed by atoms with E-state index in [0.717, 1.165) is 0 Å². The molecule has 64 valence electrons. The summed E-state index contributed by atoms with van der Waals surface area (Å²) >= 11 is 0. The number of hydrogen-bond donors (Lipinski definition) is 2. The van der Waals surface area contributed by atoms with Crippen LogP contribution in [-0.2, 0) is 10.2 Å². The van der Waals surface area contributed by atoms with Crippen LogP contribution in [-0.4, -0.2) is 17.5 Å². The first kappa shape index (κ1) is 36.0. The van der Waals surface area contributed by atoms with Gasteiger partial charge in [0.05, 0.1) is 0 Å². The zero-order chi connectivity index (χ0) is 9.00. The third-order valence-corrected chi connectivity index (χ3v) is 0. The molecule has 0 radical (unpaired) electrons. The van der Waals surface area contributed by atoms with Crippen molar-refractivity contribution in [3.8, 4) is 0 Å². The fourth-order valence-electron chi connectivity index (χ4n) is 0. The molecule has 0 amide bonds. The van der Waals surface area contributed by atoms with Gasteiger partial charge in [-0.1, -0.05) is 0 Å². The minimum Gasteiger partial charge on any atom is -0.894 e. The second-order valence-electron chi connectivity index (χ2n) is 1.09. The van der Waals surface area contributed by atoms with Crippen LogP contribution < -0.4 is 105 Å². The van der Waals surface area contributed by atoms with Gasteiger partial charge in [0, 0.05) is 0 Å². The van der Waals surface area contributed by atoms with Crippen LogP contribution in [0.3, 0.4) is 0 Å². The monoisotopic (exact) mass is 216 g/mol. The van der Waals surface area contributed by atoms with E-state index in [9.17, 15) is 8.42 Å². The van der Waals surface area contributed by atoms with Crippen LogP contribution in [0.5, 0.6) is 0 Å². The van der Waals surface area contributed by atoms with E-state index in [2.05, 4.69) is 10.3 Å². The summed E-state index contributed by atoms with van der Waals surface area (Å²) in [5.74, 6) is 0. The van der Waals surface area contributed by atoms with Crippen molar-refractivity contribution in [1.29, 1.82) is 0 Å². The maximum atomic E-state index is 9.19. The van der Waals surface area contributed by atoms with Gasteiger partial charge in [0.15, 0.2) is 0 Å². The predicted molar refractivity (Wildman–Crippen MR) is 23.0 cm³/mol. The molecule has 0 bridgehead atoms. The maximum absolute atomic E-state index is 9.19. The molecule has 0 aliphatic heterocycles. The van der Waals surface area contributed by atoms with Crippen LogP contribution in [0.4, 0.5) is 0 Å². The molecule has 0 unspecified atom stereocenters. The minimum atomic E-state index is -5.61. The van der Waals surface area contributed by atoms with Gasteiger partial charge < -0.3 is 28.2 Å². The van der Waals surface area contributed by atoms with Gasteiger partial charge in [0.1, 0.15) is 0 Å². The summed E-state index contributed by atoms with van der Waals surface area (Å²) in [5.41, 5.74) is 0. The van der Waals surface area contributed by atoms with Crippen molar-refractivity contribution >= 4 is 19.3 Å². The second kappa shape index (κ2) is 15.3. The van der Waals surface area contributed by atoms with Crippen LogP contribution in [0.1, 0.15) is 0 Å². The first-order valence-corrected chi connectivity index (χ1v) is 4.86. The molecule has 0 heterocycles. The average molecular weight is 216 g/mol. The Morgan fingerprint density at radius 2 is 0.786 bits per heavy atom. The normalized spacial score (nSPS) is 8.43. The molecule has 0 fully saturated rings. The molecule has 0 saturated carbocycles. The maximum Gasteiger partial charge on any atom is 1.00 e. The van der Waals surface area contributed by atoms with Crippen LogP contribution in [0.25, 0.3) is 0 Å². The Hall–Kier alpha value is 2.32. The Bertz CT molecular complexity index is 163. The summed E-state index contributed by atoms with van der Waals surface area (Å²) in [6, 6.07) is 0. The van der Waals surface area contributed by atoms with Gasteiger partial charge >= 0.3 is 75.4 Å². The smallest absolute Gasteiger partial charge is 0.894 e.